The number of aromatic nitrogens is 3. The van der Waals surface area contributed by atoms with Gasteiger partial charge >= 0.3 is 5.76 Å². The van der Waals surface area contributed by atoms with Crippen LogP contribution in [0.5, 0.6) is 0 Å². The number of carbonyl (C=O) groups excluding carboxylic acids is 1. The molecule has 0 bridgehead atoms. The smallest absolute Gasteiger partial charge is 0.339 e. The molecule has 0 spiro atoms. The third-order valence-corrected chi connectivity index (χ3v) is 6.44. The first kappa shape index (κ1) is 23.8. The van der Waals surface area contributed by atoms with Crippen LogP contribution in [-0.2, 0) is 12.5 Å². The van der Waals surface area contributed by atoms with E-state index in [0.717, 1.165) is 22.0 Å². The minimum atomic E-state index is -0.730. The zero-order chi connectivity index (χ0) is 26.3. The van der Waals surface area contributed by atoms with E-state index < -0.39 is 5.76 Å². The highest BCUT2D eigenvalue weighted by Gasteiger charge is 2.20. The molecular weight excluding hydrogens is 466 g/mol. The number of aryl methyl sites for hydroxylation is 1. The number of hydrogen-bond acceptors (Lipinski definition) is 5. The fourth-order valence-electron chi connectivity index (χ4n) is 4.47. The Kier molecular flexibility index (Phi) is 5.76. The monoisotopic (exact) mass is 491 g/mol. The summed E-state index contributed by atoms with van der Waals surface area (Å²) in [6.07, 6.45) is 0. The van der Waals surface area contributed by atoms with E-state index in [-0.39, 0.29) is 17.1 Å². The lowest BCUT2D eigenvalue weighted by molar-refractivity contribution is 0.102. The van der Waals surface area contributed by atoms with Gasteiger partial charge in [0.2, 0.25) is 0 Å². The lowest BCUT2D eigenvalue weighted by atomic mass is 9.86. The predicted molar refractivity (Wildman–Crippen MR) is 142 cm³/mol. The summed E-state index contributed by atoms with van der Waals surface area (Å²) in [7, 11) is 1.86. The molecule has 0 saturated heterocycles. The maximum Gasteiger partial charge on any atom is 0.439 e. The number of anilines is 1. The number of nitrogens with one attached hydrogen (secondary N) is 2. The van der Waals surface area contributed by atoms with Gasteiger partial charge < -0.3 is 9.88 Å². The Labute approximate surface area is 213 Å². The van der Waals surface area contributed by atoms with Crippen molar-refractivity contribution in [1.29, 1.82) is 5.26 Å². The van der Waals surface area contributed by atoms with E-state index in [1.807, 2.05) is 35.9 Å². The summed E-state index contributed by atoms with van der Waals surface area (Å²) in [5, 5.41) is 16.8. The molecule has 0 aliphatic carbocycles. The Morgan fingerprint density at radius 1 is 1.05 bits per heavy atom. The van der Waals surface area contributed by atoms with Crippen molar-refractivity contribution in [2.24, 2.45) is 7.05 Å². The zero-order valence-electron chi connectivity index (χ0n) is 20.9. The van der Waals surface area contributed by atoms with Crippen molar-refractivity contribution in [3.8, 4) is 28.6 Å². The summed E-state index contributed by atoms with van der Waals surface area (Å²) < 4.78 is 6.49. The molecule has 2 aromatic heterocycles. The van der Waals surface area contributed by atoms with E-state index in [9.17, 15) is 14.9 Å². The van der Waals surface area contributed by atoms with E-state index in [4.69, 9.17) is 0 Å². The number of nitrogens with zero attached hydrogens (tertiary/aromatic N) is 3. The van der Waals surface area contributed by atoms with Crippen molar-refractivity contribution >= 4 is 22.5 Å². The summed E-state index contributed by atoms with van der Waals surface area (Å²) in [5.41, 5.74) is 5.91. The number of amides is 1. The lowest BCUT2D eigenvalue weighted by Crippen LogP contribution is -2.16. The molecular formula is C29H25N5O3. The minimum Gasteiger partial charge on any atom is -0.339 e. The van der Waals surface area contributed by atoms with Crippen molar-refractivity contribution in [1.82, 2.24) is 14.7 Å². The first-order valence-electron chi connectivity index (χ1n) is 11.8. The Balaban J connectivity index is 1.54. The summed E-state index contributed by atoms with van der Waals surface area (Å²) in [6, 6.07) is 23.1. The fourth-order valence-corrected chi connectivity index (χ4v) is 4.47. The molecule has 2 heterocycles. The molecule has 1 amide bonds. The van der Waals surface area contributed by atoms with E-state index in [0.29, 0.717) is 22.5 Å². The first-order chi connectivity index (χ1) is 17.7. The maximum absolute atomic E-state index is 13.4. The number of nitriles is 1. The van der Waals surface area contributed by atoms with E-state index >= 15 is 0 Å². The maximum atomic E-state index is 13.4. The average Bonchev–Trinajstić information content (AvgIpc) is 3.47. The highest BCUT2D eigenvalue weighted by Crippen LogP contribution is 2.33. The Morgan fingerprint density at radius 2 is 1.81 bits per heavy atom. The third kappa shape index (κ3) is 4.43. The molecule has 0 unspecified atom stereocenters. The zero-order valence-corrected chi connectivity index (χ0v) is 20.9. The Bertz CT molecular complexity index is 1740. The van der Waals surface area contributed by atoms with Crippen LogP contribution in [0.25, 0.3) is 33.4 Å². The molecule has 2 N–H and O–H groups in total. The van der Waals surface area contributed by atoms with Gasteiger partial charge in [-0.2, -0.15) is 5.26 Å². The van der Waals surface area contributed by atoms with Crippen molar-refractivity contribution < 1.29 is 9.32 Å². The van der Waals surface area contributed by atoms with Crippen LogP contribution in [0.4, 0.5) is 5.69 Å². The second-order valence-corrected chi connectivity index (χ2v) is 9.93. The van der Waals surface area contributed by atoms with Crippen LogP contribution in [0.15, 0.2) is 76.0 Å². The molecule has 8 nitrogen and oxygen atoms in total. The van der Waals surface area contributed by atoms with Crippen LogP contribution in [0, 0.1) is 11.3 Å². The van der Waals surface area contributed by atoms with Gasteiger partial charge in [-0.15, -0.1) is 0 Å². The lowest BCUT2D eigenvalue weighted by Gasteiger charge is -2.19. The number of H-pyrrole nitrogens is 1. The molecule has 0 saturated carbocycles. The standard InChI is InChI=1S/C29H25N5O3/c1-29(2,3)20-11-9-18(10-12-20)21-7-5-6-19-15-24(34(4)25(19)21)27(35)31-23-13-8-17(16-30)14-22(23)26-32-28(36)37-33-26/h5-15H,1-4H3,(H,31,35)(H,32,33,36). The van der Waals surface area contributed by atoms with Gasteiger partial charge in [-0.1, -0.05) is 68.4 Å². The molecule has 37 heavy (non-hydrogen) atoms. The van der Waals surface area contributed by atoms with Gasteiger partial charge in [-0.3, -0.25) is 14.3 Å². The summed E-state index contributed by atoms with van der Waals surface area (Å²) in [5.74, 6) is -0.952. The number of carbonyl (C=O) groups is 1. The second-order valence-electron chi connectivity index (χ2n) is 9.93. The molecule has 3 aromatic carbocycles. The fraction of sp³-hybridized carbons (Fsp3) is 0.172. The van der Waals surface area contributed by atoms with Crippen LogP contribution < -0.4 is 11.1 Å². The van der Waals surface area contributed by atoms with E-state index in [2.05, 4.69) is 71.1 Å². The average molecular weight is 492 g/mol. The van der Waals surface area contributed by atoms with Crippen molar-refractivity contribution in [2.45, 2.75) is 26.2 Å². The van der Waals surface area contributed by atoms with E-state index in [1.165, 1.54) is 11.6 Å². The van der Waals surface area contributed by atoms with Gasteiger partial charge in [0, 0.05) is 23.6 Å². The SMILES string of the molecule is Cn1c(C(=O)Nc2ccc(C#N)cc2-c2noc(=O)[nH]2)cc2cccc(-c3ccc(C(C)(C)C)cc3)c21. The van der Waals surface area contributed by atoms with Gasteiger partial charge in [-0.05, 0) is 40.8 Å². The number of rotatable bonds is 4. The Hall–Kier alpha value is -4.90. The van der Waals surface area contributed by atoms with Gasteiger partial charge in [0.1, 0.15) is 5.69 Å². The molecule has 0 atom stereocenters. The van der Waals surface area contributed by atoms with Crippen molar-refractivity contribution in [2.75, 3.05) is 5.32 Å². The molecule has 0 radical (unpaired) electrons. The van der Waals surface area contributed by atoms with Gasteiger partial charge in [0.25, 0.3) is 5.91 Å². The van der Waals surface area contributed by atoms with Crippen molar-refractivity contribution in [3.63, 3.8) is 0 Å². The summed E-state index contributed by atoms with van der Waals surface area (Å²) >= 11 is 0. The van der Waals surface area contributed by atoms with Gasteiger partial charge in [0.05, 0.1) is 22.8 Å². The summed E-state index contributed by atoms with van der Waals surface area (Å²) in [4.78, 5) is 27.4. The number of benzene rings is 3. The number of fused-ring (bicyclic) bond motifs is 1. The number of aromatic amines is 1. The van der Waals surface area contributed by atoms with Gasteiger partial charge in [-0.25, -0.2) is 4.79 Å². The molecule has 5 rings (SSSR count). The molecule has 8 heteroatoms. The molecule has 5 aromatic rings. The number of hydrogen-bond donors (Lipinski definition) is 2. The van der Waals surface area contributed by atoms with Crippen LogP contribution in [0.1, 0.15) is 42.4 Å². The van der Waals surface area contributed by atoms with Crippen LogP contribution in [0.2, 0.25) is 0 Å². The van der Waals surface area contributed by atoms with E-state index in [1.54, 1.807) is 12.1 Å². The topological polar surface area (TPSA) is 117 Å². The summed E-state index contributed by atoms with van der Waals surface area (Å²) in [6.45, 7) is 6.55. The van der Waals surface area contributed by atoms with Crippen LogP contribution >= 0.6 is 0 Å². The Morgan fingerprint density at radius 3 is 2.46 bits per heavy atom. The molecule has 0 aliphatic heterocycles. The number of para-hydroxylation sites is 1. The largest absolute Gasteiger partial charge is 0.439 e. The third-order valence-electron chi connectivity index (χ3n) is 6.44. The molecule has 0 fully saturated rings. The normalized spacial score (nSPS) is 11.4. The van der Waals surface area contributed by atoms with Crippen LogP contribution in [-0.4, -0.2) is 20.6 Å². The van der Waals surface area contributed by atoms with Crippen molar-refractivity contribution in [3.05, 3.63) is 94.1 Å². The van der Waals surface area contributed by atoms with Gasteiger partial charge in [0.15, 0.2) is 5.82 Å². The quantitative estimate of drug-likeness (QED) is 0.339. The highest BCUT2D eigenvalue weighted by molar-refractivity contribution is 6.09. The second kappa shape index (κ2) is 8.95. The minimum absolute atomic E-state index is 0.0596. The highest BCUT2D eigenvalue weighted by atomic mass is 16.5. The molecule has 184 valence electrons. The molecule has 0 aliphatic rings. The predicted octanol–water partition coefficient (Wildman–Crippen LogP) is 5.61. The van der Waals surface area contributed by atoms with Crippen LogP contribution in [0.3, 0.4) is 0 Å². The first-order valence-corrected chi connectivity index (χ1v) is 11.8.